The van der Waals surface area contributed by atoms with Crippen molar-refractivity contribution in [3.63, 3.8) is 0 Å². The molecule has 1 fully saturated rings. The number of rotatable bonds is 4. The monoisotopic (exact) mass is 493 g/mol. The normalized spacial score (nSPS) is 16.0. The van der Waals surface area contributed by atoms with Crippen molar-refractivity contribution in [2.24, 2.45) is 0 Å². The number of aryl methyl sites for hydroxylation is 1. The fourth-order valence-corrected chi connectivity index (χ4v) is 4.64. The predicted octanol–water partition coefficient (Wildman–Crippen LogP) is 4.13. The number of anilines is 1. The van der Waals surface area contributed by atoms with Crippen LogP contribution in [0.15, 0.2) is 43.1 Å². The average molecular weight is 494 g/mol. The number of benzene rings is 1. The van der Waals surface area contributed by atoms with Gasteiger partial charge in [0.15, 0.2) is 5.65 Å². The zero-order valence-corrected chi connectivity index (χ0v) is 20.2. The lowest BCUT2D eigenvalue weighted by molar-refractivity contribution is 0.100. The van der Waals surface area contributed by atoms with E-state index < -0.39 is 11.6 Å². The Bertz CT molecular complexity index is 1420. The lowest BCUT2D eigenvalue weighted by Crippen LogP contribution is -2.54. The fourth-order valence-electron chi connectivity index (χ4n) is 4.64. The van der Waals surface area contributed by atoms with Crippen LogP contribution in [0.2, 0.25) is 0 Å². The molecule has 5 rings (SSSR count). The first-order valence-electron chi connectivity index (χ1n) is 11.7. The van der Waals surface area contributed by atoms with Crippen LogP contribution in [0.4, 0.5) is 19.4 Å². The molecule has 4 aromatic rings. The van der Waals surface area contributed by atoms with Crippen LogP contribution in [0, 0.1) is 18.6 Å². The second kappa shape index (κ2) is 9.48. The van der Waals surface area contributed by atoms with Crippen LogP contribution in [0.5, 0.6) is 0 Å². The molecule has 1 amide bonds. The third-order valence-electron chi connectivity index (χ3n) is 6.25. The molecule has 11 heteroatoms. The highest BCUT2D eigenvalue weighted by atomic mass is 19.1. The van der Waals surface area contributed by atoms with Crippen molar-refractivity contribution in [3.8, 4) is 16.9 Å². The van der Waals surface area contributed by atoms with Gasteiger partial charge in [0.2, 0.25) is 0 Å². The second-order valence-corrected chi connectivity index (χ2v) is 8.61. The maximum Gasteiger partial charge on any atom is 0.409 e. The number of hydrogen-bond acceptors (Lipinski definition) is 7. The highest BCUT2D eigenvalue weighted by Gasteiger charge is 2.31. The van der Waals surface area contributed by atoms with Crippen LogP contribution >= 0.6 is 0 Å². The number of fused-ring (bicyclic) bond motifs is 1. The molecular weight excluding hydrogens is 468 g/mol. The summed E-state index contributed by atoms with van der Waals surface area (Å²) in [5.41, 5.74) is 2.76. The molecule has 36 heavy (non-hydrogen) atoms. The molecule has 0 unspecified atom stereocenters. The summed E-state index contributed by atoms with van der Waals surface area (Å²) < 4.78 is 35.1. The molecule has 9 nitrogen and oxygen atoms in total. The summed E-state index contributed by atoms with van der Waals surface area (Å²) in [5.74, 6) is -0.740. The predicted molar refractivity (Wildman–Crippen MR) is 130 cm³/mol. The highest BCUT2D eigenvalue weighted by molar-refractivity contribution is 6.02. The zero-order chi connectivity index (χ0) is 25.4. The standard InChI is InChI=1S/C25H25F2N7O2/c1-4-36-25(35)32-7-8-33(15(2)12-32)23-21-20(22-16(3)28-5-6-29-22)13-34(24(21)31-14-30-23)19-10-17(26)9-18(27)11-19/h5-6,9-11,13-15H,4,7-8,12H2,1-3H3/t15-/m0/s1. The molecule has 0 bridgehead atoms. The van der Waals surface area contributed by atoms with E-state index in [0.29, 0.717) is 60.0 Å². The number of carbonyl (C=O) groups excluding carboxylic acids is 1. The molecule has 0 spiro atoms. The van der Waals surface area contributed by atoms with E-state index >= 15 is 0 Å². The summed E-state index contributed by atoms with van der Waals surface area (Å²) in [6, 6.07) is 3.25. The van der Waals surface area contributed by atoms with Crippen molar-refractivity contribution in [2.75, 3.05) is 31.1 Å². The first-order chi connectivity index (χ1) is 17.4. The molecule has 4 heterocycles. The Morgan fingerprint density at radius 2 is 1.83 bits per heavy atom. The Balaban J connectivity index is 1.67. The number of nitrogens with zero attached hydrogens (tertiary/aromatic N) is 7. The Kier molecular flexibility index (Phi) is 6.21. The number of amides is 1. The minimum Gasteiger partial charge on any atom is -0.450 e. The van der Waals surface area contributed by atoms with E-state index in [1.54, 1.807) is 35.0 Å². The van der Waals surface area contributed by atoms with Gasteiger partial charge in [-0.1, -0.05) is 0 Å². The van der Waals surface area contributed by atoms with E-state index in [1.165, 1.54) is 18.5 Å². The van der Waals surface area contributed by atoms with Gasteiger partial charge in [-0.15, -0.1) is 0 Å². The summed E-state index contributed by atoms with van der Waals surface area (Å²) in [7, 11) is 0. The summed E-state index contributed by atoms with van der Waals surface area (Å²) in [6.07, 6.45) is 6.05. The molecule has 3 aromatic heterocycles. The van der Waals surface area contributed by atoms with Gasteiger partial charge in [-0.25, -0.2) is 23.5 Å². The number of halogens is 2. The first-order valence-corrected chi connectivity index (χ1v) is 11.7. The highest BCUT2D eigenvalue weighted by Crippen LogP contribution is 2.38. The lowest BCUT2D eigenvalue weighted by atomic mass is 10.1. The number of piperazine rings is 1. The van der Waals surface area contributed by atoms with Gasteiger partial charge in [-0.2, -0.15) is 0 Å². The smallest absolute Gasteiger partial charge is 0.409 e. The van der Waals surface area contributed by atoms with Crippen molar-refractivity contribution in [2.45, 2.75) is 26.8 Å². The van der Waals surface area contributed by atoms with Crippen molar-refractivity contribution in [1.82, 2.24) is 29.4 Å². The minimum atomic E-state index is -0.693. The molecule has 1 aliphatic heterocycles. The quantitative estimate of drug-likeness (QED) is 0.422. The Hall–Kier alpha value is -4.15. The van der Waals surface area contributed by atoms with Gasteiger partial charge >= 0.3 is 6.09 Å². The third kappa shape index (κ3) is 4.21. The molecule has 1 aromatic carbocycles. The molecule has 1 aliphatic rings. The average Bonchev–Trinajstić information content (AvgIpc) is 3.24. The molecule has 0 saturated carbocycles. The van der Waals surface area contributed by atoms with Crippen molar-refractivity contribution < 1.29 is 18.3 Å². The van der Waals surface area contributed by atoms with E-state index in [9.17, 15) is 13.6 Å². The first kappa shape index (κ1) is 23.6. The summed E-state index contributed by atoms with van der Waals surface area (Å²) in [5, 5.41) is 0.683. The summed E-state index contributed by atoms with van der Waals surface area (Å²) in [4.78, 5) is 34.1. The van der Waals surface area contributed by atoms with Crippen LogP contribution in [0.25, 0.3) is 28.0 Å². The maximum atomic E-state index is 14.1. The van der Waals surface area contributed by atoms with Crippen molar-refractivity contribution in [3.05, 3.63) is 60.4 Å². The van der Waals surface area contributed by atoms with Crippen LogP contribution < -0.4 is 4.90 Å². The van der Waals surface area contributed by atoms with Crippen molar-refractivity contribution >= 4 is 22.9 Å². The molecule has 186 valence electrons. The molecule has 0 N–H and O–H groups in total. The van der Waals surface area contributed by atoms with E-state index in [2.05, 4.69) is 24.8 Å². The zero-order valence-electron chi connectivity index (χ0n) is 20.2. The van der Waals surface area contributed by atoms with Crippen LogP contribution in [0.1, 0.15) is 19.5 Å². The number of ether oxygens (including phenoxy) is 1. The third-order valence-corrected chi connectivity index (χ3v) is 6.25. The topological polar surface area (TPSA) is 89.3 Å². The maximum absolute atomic E-state index is 14.1. The van der Waals surface area contributed by atoms with Crippen LogP contribution in [-0.2, 0) is 4.74 Å². The summed E-state index contributed by atoms with van der Waals surface area (Å²) in [6.45, 7) is 7.38. The number of aromatic nitrogens is 5. The second-order valence-electron chi connectivity index (χ2n) is 8.61. The van der Waals surface area contributed by atoms with E-state index in [1.807, 2.05) is 13.8 Å². The van der Waals surface area contributed by atoms with E-state index in [-0.39, 0.29) is 17.8 Å². The van der Waals surface area contributed by atoms with Crippen LogP contribution in [0.3, 0.4) is 0 Å². The van der Waals surface area contributed by atoms with E-state index in [0.717, 1.165) is 6.07 Å². The van der Waals surface area contributed by atoms with Gasteiger partial charge in [0.25, 0.3) is 0 Å². The van der Waals surface area contributed by atoms with Gasteiger partial charge in [0, 0.05) is 55.9 Å². The van der Waals surface area contributed by atoms with Gasteiger partial charge in [0.1, 0.15) is 23.8 Å². The molecular formula is C25H25F2N7O2. The van der Waals surface area contributed by atoms with Crippen molar-refractivity contribution in [1.29, 1.82) is 0 Å². The Morgan fingerprint density at radius 1 is 1.08 bits per heavy atom. The lowest BCUT2D eigenvalue weighted by Gasteiger charge is -2.40. The van der Waals surface area contributed by atoms with E-state index in [4.69, 9.17) is 4.74 Å². The molecule has 0 radical (unpaired) electrons. The molecule has 0 aliphatic carbocycles. The Labute approximate surface area is 206 Å². The van der Waals surface area contributed by atoms with Gasteiger partial charge in [-0.05, 0) is 32.9 Å². The fraction of sp³-hybridized carbons (Fsp3) is 0.320. The van der Waals surface area contributed by atoms with Gasteiger partial charge in [-0.3, -0.25) is 9.97 Å². The van der Waals surface area contributed by atoms with Gasteiger partial charge in [0.05, 0.1) is 29.1 Å². The Morgan fingerprint density at radius 3 is 2.53 bits per heavy atom. The largest absolute Gasteiger partial charge is 0.450 e. The molecule has 1 atom stereocenters. The van der Waals surface area contributed by atoms with Crippen LogP contribution in [-0.4, -0.2) is 67.8 Å². The SMILES string of the molecule is CCOC(=O)N1CCN(c2ncnc3c2c(-c2nccnc2C)cn3-c2cc(F)cc(F)c2)[C@@H](C)C1. The number of carbonyl (C=O) groups is 1. The minimum absolute atomic E-state index is 0.0768. The molecule has 1 saturated heterocycles. The van der Waals surface area contributed by atoms with Gasteiger partial charge < -0.3 is 19.1 Å². The number of hydrogen-bond donors (Lipinski definition) is 0. The summed E-state index contributed by atoms with van der Waals surface area (Å²) >= 11 is 0.